The van der Waals surface area contributed by atoms with Crippen molar-refractivity contribution < 1.29 is 9.59 Å². The third-order valence-corrected chi connectivity index (χ3v) is 5.53. The zero-order valence-corrected chi connectivity index (χ0v) is 17.2. The van der Waals surface area contributed by atoms with Gasteiger partial charge in [0.1, 0.15) is 5.69 Å². The average Bonchev–Trinajstić information content (AvgIpc) is 3.21. The molecule has 158 valence electrons. The monoisotopic (exact) mass is 415 g/mol. The molecule has 2 amide bonds. The van der Waals surface area contributed by atoms with Crippen molar-refractivity contribution in [2.24, 2.45) is 11.7 Å². The summed E-state index contributed by atoms with van der Waals surface area (Å²) in [6, 6.07) is 13.9. The number of pyridine rings is 1. The molecule has 0 radical (unpaired) electrons. The fourth-order valence-corrected chi connectivity index (χ4v) is 3.79. The van der Waals surface area contributed by atoms with Crippen molar-refractivity contribution in [3.8, 4) is 11.3 Å². The molecule has 0 spiro atoms. The summed E-state index contributed by atoms with van der Waals surface area (Å²) in [5.74, 6) is -0.494. The summed E-state index contributed by atoms with van der Waals surface area (Å²) in [4.78, 5) is 30.0. The summed E-state index contributed by atoms with van der Waals surface area (Å²) in [6.07, 6.45) is 10.0. The largest absolute Gasteiger partial charge is 0.369 e. The molecule has 7 heteroatoms. The number of carbonyl (C=O) groups excluding carboxylic acids is 2. The van der Waals surface area contributed by atoms with Crippen molar-refractivity contribution in [2.45, 2.75) is 19.4 Å². The van der Waals surface area contributed by atoms with Gasteiger partial charge in [-0.15, -0.1) is 0 Å². The molecule has 0 atom stereocenters. The van der Waals surface area contributed by atoms with Crippen LogP contribution in [0.15, 0.2) is 67.1 Å². The van der Waals surface area contributed by atoms with Gasteiger partial charge in [-0.1, -0.05) is 30.3 Å². The minimum Gasteiger partial charge on any atom is -0.369 e. The first-order valence-electron chi connectivity index (χ1n) is 10.4. The lowest BCUT2D eigenvalue weighted by molar-refractivity contribution is -0.130. The number of benzene rings is 1. The lowest BCUT2D eigenvalue weighted by Gasteiger charge is -2.29. The zero-order valence-electron chi connectivity index (χ0n) is 17.2. The predicted molar refractivity (Wildman–Crippen MR) is 119 cm³/mol. The Bertz CT molecular complexity index is 1070. The van der Waals surface area contributed by atoms with Crippen LogP contribution in [0.4, 0.5) is 0 Å². The highest BCUT2D eigenvalue weighted by Crippen LogP contribution is 2.23. The first-order valence-corrected chi connectivity index (χ1v) is 10.4. The van der Waals surface area contributed by atoms with Crippen LogP contribution in [0.25, 0.3) is 17.3 Å². The quantitative estimate of drug-likeness (QED) is 0.627. The second-order valence-electron chi connectivity index (χ2n) is 7.69. The second-order valence-corrected chi connectivity index (χ2v) is 7.69. The maximum atomic E-state index is 12.7. The minimum absolute atomic E-state index is 0.0733. The van der Waals surface area contributed by atoms with Crippen molar-refractivity contribution in [3.05, 3.63) is 78.3 Å². The van der Waals surface area contributed by atoms with E-state index in [0.29, 0.717) is 32.5 Å². The molecule has 2 N–H and O–H groups in total. The Morgan fingerprint density at radius 2 is 1.87 bits per heavy atom. The molecule has 3 heterocycles. The van der Waals surface area contributed by atoms with Gasteiger partial charge < -0.3 is 10.6 Å². The van der Waals surface area contributed by atoms with Crippen LogP contribution >= 0.6 is 0 Å². The summed E-state index contributed by atoms with van der Waals surface area (Å²) in [5, 5.41) is 4.74. The van der Waals surface area contributed by atoms with Crippen molar-refractivity contribution >= 4 is 17.9 Å². The second kappa shape index (κ2) is 9.38. The molecule has 0 unspecified atom stereocenters. The third kappa shape index (κ3) is 5.06. The molecule has 1 aliphatic rings. The van der Waals surface area contributed by atoms with Gasteiger partial charge >= 0.3 is 0 Å². The molecule has 4 rings (SSSR count). The van der Waals surface area contributed by atoms with E-state index in [2.05, 4.69) is 17.1 Å². The van der Waals surface area contributed by atoms with Crippen LogP contribution in [-0.2, 0) is 16.1 Å². The first kappa shape index (κ1) is 20.5. The Morgan fingerprint density at radius 3 is 2.55 bits per heavy atom. The number of piperidine rings is 1. The van der Waals surface area contributed by atoms with Crippen LogP contribution in [0, 0.1) is 5.92 Å². The van der Waals surface area contributed by atoms with Crippen LogP contribution in [0.2, 0.25) is 0 Å². The molecule has 31 heavy (non-hydrogen) atoms. The van der Waals surface area contributed by atoms with E-state index in [-0.39, 0.29) is 17.7 Å². The van der Waals surface area contributed by atoms with Gasteiger partial charge in [0.2, 0.25) is 11.8 Å². The number of hydrogen-bond acceptors (Lipinski definition) is 4. The number of likely N-dealkylation sites (tertiary alicyclic amines) is 1. The highest BCUT2D eigenvalue weighted by atomic mass is 16.2. The van der Waals surface area contributed by atoms with Gasteiger partial charge in [-0.3, -0.25) is 19.3 Å². The molecule has 1 aliphatic heterocycles. The van der Waals surface area contributed by atoms with Crippen LogP contribution in [-0.4, -0.2) is 44.6 Å². The van der Waals surface area contributed by atoms with E-state index >= 15 is 0 Å². The number of nitrogens with zero attached hydrogens (tertiary/aromatic N) is 4. The Labute approximate surface area is 181 Å². The Kier molecular flexibility index (Phi) is 6.21. The average molecular weight is 415 g/mol. The van der Waals surface area contributed by atoms with E-state index in [1.54, 1.807) is 29.4 Å². The van der Waals surface area contributed by atoms with E-state index < -0.39 is 0 Å². The zero-order chi connectivity index (χ0) is 21.6. The van der Waals surface area contributed by atoms with Crippen molar-refractivity contribution in [1.29, 1.82) is 0 Å². The smallest absolute Gasteiger partial charge is 0.246 e. The minimum atomic E-state index is -0.283. The Hall–Kier alpha value is -3.74. The van der Waals surface area contributed by atoms with Crippen LogP contribution < -0.4 is 5.73 Å². The number of nitrogens with two attached hydrogens (primary N) is 1. The number of rotatable bonds is 6. The highest BCUT2D eigenvalue weighted by molar-refractivity contribution is 5.93. The number of aromatic nitrogens is 3. The number of hydrogen-bond donors (Lipinski definition) is 1. The lowest BCUT2D eigenvalue weighted by Crippen LogP contribution is -2.41. The van der Waals surface area contributed by atoms with Crippen molar-refractivity contribution in [1.82, 2.24) is 19.7 Å². The first-order chi connectivity index (χ1) is 15.1. The van der Waals surface area contributed by atoms with E-state index in [0.717, 1.165) is 22.4 Å². The Balaban J connectivity index is 1.53. The summed E-state index contributed by atoms with van der Waals surface area (Å²) in [6.45, 7) is 1.72. The predicted octanol–water partition coefficient (Wildman–Crippen LogP) is 2.73. The molecule has 7 nitrogen and oxygen atoms in total. The van der Waals surface area contributed by atoms with Gasteiger partial charge in [-0.2, -0.15) is 5.10 Å². The molecular formula is C24H25N5O2. The van der Waals surface area contributed by atoms with Crippen molar-refractivity contribution in [3.63, 3.8) is 0 Å². The summed E-state index contributed by atoms with van der Waals surface area (Å²) in [5.41, 5.74) is 9.05. The van der Waals surface area contributed by atoms with Gasteiger partial charge in [-0.25, -0.2) is 0 Å². The van der Waals surface area contributed by atoms with Crippen molar-refractivity contribution in [2.75, 3.05) is 13.1 Å². The summed E-state index contributed by atoms with van der Waals surface area (Å²) < 4.78 is 1.88. The molecule has 0 bridgehead atoms. The number of carbonyl (C=O) groups is 2. The fraction of sp³-hybridized carbons (Fsp3) is 0.250. The maximum absolute atomic E-state index is 12.7. The molecule has 0 saturated carbocycles. The third-order valence-electron chi connectivity index (χ3n) is 5.53. The summed E-state index contributed by atoms with van der Waals surface area (Å²) >= 11 is 0. The van der Waals surface area contributed by atoms with Gasteiger partial charge in [0.25, 0.3) is 0 Å². The highest BCUT2D eigenvalue weighted by Gasteiger charge is 2.24. The molecule has 3 aromatic rings. The van der Waals surface area contributed by atoms with E-state index in [9.17, 15) is 9.59 Å². The molecule has 2 aromatic heterocycles. The maximum Gasteiger partial charge on any atom is 0.246 e. The van der Waals surface area contributed by atoms with Gasteiger partial charge in [0.05, 0.1) is 6.54 Å². The number of amides is 2. The van der Waals surface area contributed by atoms with Gasteiger partial charge in [0, 0.05) is 54.8 Å². The van der Waals surface area contributed by atoms with Crippen LogP contribution in [0.1, 0.15) is 24.0 Å². The molecule has 1 saturated heterocycles. The SMILES string of the molecule is NC(=O)C1CCN(C(=O)/C=C/c2cn(Cc3ccccc3)nc2-c2cccnc2)CC1. The van der Waals surface area contributed by atoms with E-state index in [1.807, 2.05) is 41.2 Å². The van der Waals surface area contributed by atoms with Gasteiger partial charge in [0.15, 0.2) is 0 Å². The van der Waals surface area contributed by atoms with E-state index in [4.69, 9.17) is 10.8 Å². The van der Waals surface area contributed by atoms with Gasteiger partial charge in [-0.05, 0) is 36.6 Å². The van der Waals surface area contributed by atoms with Crippen LogP contribution in [0.3, 0.4) is 0 Å². The standard InChI is InChI=1S/C24H25N5O2/c25-24(31)19-10-13-28(14-11-19)22(30)9-8-21-17-29(16-18-5-2-1-3-6-18)27-23(21)20-7-4-12-26-15-20/h1-9,12,15,17,19H,10-11,13-14,16H2,(H2,25,31)/b9-8+. The molecule has 1 fully saturated rings. The van der Waals surface area contributed by atoms with E-state index in [1.165, 1.54) is 0 Å². The Morgan fingerprint density at radius 1 is 1.10 bits per heavy atom. The van der Waals surface area contributed by atoms with Crippen LogP contribution in [0.5, 0.6) is 0 Å². The normalized spacial score (nSPS) is 14.8. The number of primary amides is 1. The lowest BCUT2D eigenvalue weighted by atomic mass is 9.96. The molecule has 0 aliphatic carbocycles. The molecule has 1 aromatic carbocycles. The summed E-state index contributed by atoms with van der Waals surface area (Å²) in [7, 11) is 0. The fourth-order valence-electron chi connectivity index (χ4n) is 3.79. The molecular weight excluding hydrogens is 390 g/mol. The topological polar surface area (TPSA) is 94.1 Å².